The molecule has 1 aliphatic rings. The van der Waals surface area contributed by atoms with Crippen LogP contribution in [0, 0.1) is 0 Å². The molecule has 4 aromatic rings. The second-order valence-corrected chi connectivity index (χ2v) is 7.61. The van der Waals surface area contributed by atoms with E-state index >= 15 is 0 Å². The summed E-state index contributed by atoms with van der Waals surface area (Å²) in [6.45, 7) is 1.33. The summed E-state index contributed by atoms with van der Waals surface area (Å²) in [5.41, 5.74) is 4.09. The van der Waals surface area contributed by atoms with Gasteiger partial charge in [0.15, 0.2) is 0 Å². The summed E-state index contributed by atoms with van der Waals surface area (Å²) in [7, 11) is 1.64. The summed E-state index contributed by atoms with van der Waals surface area (Å²) >= 11 is 0. The summed E-state index contributed by atoms with van der Waals surface area (Å²) in [6, 6.07) is 26.2. The first-order chi connectivity index (χ1) is 14.7. The second kappa shape index (κ2) is 7.67. The zero-order valence-electron chi connectivity index (χ0n) is 16.9. The number of methoxy groups -OCH3 is 1. The van der Waals surface area contributed by atoms with E-state index < -0.39 is 0 Å². The number of anilines is 1. The highest BCUT2D eigenvalue weighted by Gasteiger charge is 2.35. The summed E-state index contributed by atoms with van der Waals surface area (Å²) in [6.07, 6.45) is 0.441. The van der Waals surface area contributed by atoms with E-state index in [1.807, 2.05) is 53.4 Å². The van der Waals surface area contributed by atoms with Crippen LogP contribution in [0.3, 0.4) is 0 Å². The van der Waals surface area contributed by atoms with Crippen molar-refractivity contribution >= 4 is 22.6 Å². The number of benzene rings is 3. The number of para-hydroxylation sites is 4. The van der Waals surface area contributed by atoms with Crippen molar-refractivity contribution in [2.45, 2.75) is 18.9 Å². The number of aromatic nitrogens is 2. The number of carbonyl (C=O) groups is 1. The van der Waals surface area contributed by atoms with Crippen LogP contribution in [-0.4, -0.2) is 29.1 Å². The van der Waals surface area contributed by atoms with Crippen molar-refractivity contribution in [3.63, 3.8) is 0 Å². The molecule has 0 N–H and O–H groups in total. The van der Waals surface area contributed by atoms with Crippen LogP contribution in [0.25, 0.3) is 11.0 Å². The Hall–Kier alpha value is -3.60. The van der Waals surface area contributed by atoms with Crippen LogP contribution in [0.5, 0.6) is 5.75 Å². The first kappa shape index (κ1) is 18.4. The highest BCUT2D eigenvalue weighted by molar-refractivity contribution is 5.97. The molecule has 1 amide bonds. The lowest BCUT2D eigenvalue weighted by molar-refractivity contribution is -0.117. The van der Waals surface area contributed by atoms with Crippen molar-refractivity contribution in [1.29, 1.82) is 0 Å². The fourth-order valence-electron chi connectivity index (χ4n) is 4.30. The van der Waals surface area contributed by atoms with Crippen molar-refractivity contribution in [2.24, 2.45) is 0 Å². The van der Waals surface area contributed by atoms with E-state index in [-0.39, 0.29) is 11.8 Å². The van der Waals surface area contributed by atoms with Gasteiger partial charge in [-0.15, -0.1) is 0 Å². The molecule has 1 aliphatic heterocycles. The Kier molecular flexibility index (Phi) is 4.71. The minimum Gasteiger partial charge on any atom is -0.495 e. The smallest absolute Gasteiger partial charge is 0.227 e. The Bertz CT molecular complexity index is 1200. The van der Waals surface area contributed by atoms with Crippen molar-refractivity contribution < 1.29 is 9.53 Å². The molecule has 3 aromatic carbocycles. The number of amides is 1. The third-order valence-corrected chi connectivity index (χ3v) is 5.73. The Labute approximate surface area is 175 Å². The Morgan fingerprint density at radius 2 is 1.70 bits per heavy atom. The number of rotatable bonds is 5. The summed E-state index contributed by atoms with van der Waals surface area (Å²) in [5.74, 6) is 1.80. The van der Waals surface area contributed by atoms with Gasteiger partial charge in [-0.25, -0.2) is 4.98 Å². The minimum atomic E-state index is 0.0264. The molecule has 2 heterocycles. The number of hydrogen-bond donors (Lipinski definition) is 0. The van der Waals surface area contributed by atoms with E-state index in [0.29, 0.717) is 18.7 Å². The molecular weight excluding hydrogens is 374 g/mol. The summed E-state index contributed by atoms with van der Waals surface area (Å²) < 4.78 is 7.74. The van der Waals surface area contributed by atoms with E-state index in [1.165, 1.54) is 5.56 Å². The Morgan fingerprint density at radius 1 is 0.967 bits per heavy atom. The van der Waals surface area contributed by atoms with Gasteiger partial charge in [-0.05, 0) is 29.8 Å². The van der Waals surface area contributed by atoms with Crippen LogP contribution in [0.4, 0.5) is 5.69 Å². The lowest BCUT2D eigenvalue weighted by Gasteiger charge is -2.19. The first-order valence-electron chi connectivity index (χ1n) is 10.2. The molecule has 1 atom stereocenters. The lowest BCUT2D eigenvalue weighted by atomic mass is 10.1. The molecule has 5 nitrogen and oxygen atoms in total. The molecule has 150 valence electrons. The molecule has 0 saturated carbocycles. The highest BCUT2D eigenvalue weighted by Crippen LogP contribution is 2.37. The van der Waals surface area contributed by atoms with Crippen LogP contribution in [0.1, 0.15) is 23.7 Å². The predicted octanol–water partition coefficient (Wildman–Crippen LogP) is 4.61. The number of nitrogens with zero attached hydrogens (tertiary/aromatic N) is 3. The SMILES string of the molecule is COc1ccccc1N1C[C@H](c2nc3ccccc3n2Cc2ccccc2)CC1=O. The molecule has 1 aromatic heterocycles. The Morgan fingerprint density at radius 3 is 2.53 bits per heavy atom. The average Bonchev–Trinajstić information content (AvgIpc) is 3.35. The van der Waals surface area contributed by atoms with Crippen LogP contribution < -0.4 is 9.64 Å². The fourth-order valence-corrected chi connectivity index (χ4v) is 4.30. The second-order valence-electron chi connectivity index (χ2n) is 7.61. The molecule has 0 aliphatic carbocycles. The Balaban J connectivity index is 1.53. The maximum Gasteiger partial charge on any atom is 0.227 e. The van der Waals surface area contributed by atoms with E-state index in [2.05, 4.69) is 34.9 Å². The van der Waals surface area contributed by atoms with Crippen molar-refractivity contribution in [2.75, 3.05) is 18.6 Å². The first-order valence-corrected chi connectivity index (χ1v) is 10.2. The number of fused-ring (bicyclic) bond motifs is 1. The van der Waals surface area contributed by atoms with Gasteiger partial charge in [0.05, 0.1) is 23.8 Å². The average molecular weight is 397 g/mol. The minimum absolute atomic E-state index is 0.0264. The number of hydrogen-bond acceptors (Lipinski definition) is 3. The summed E-state index contributed by atoms with van der Waals surface area (Å²) in [4.78, 5) is 19.7. The number of ether oxygens (including phenoxy) is 1. The molecule has 0 unspecified atom stereocenters. The van der Waals surface area contributed by atoms with Gasteiger partial charge in [0.25, 0.3) is 0 Å². The van der Waals surface area contributed by atoms with Gasteiger partial charge in [-0.2, -0.15) is 0 Å². The highest BCUT2D eigenvalue weighted by atomic mass is 16.5. The van der Waals surface area contributed by atoms with Gasteiger partial charge in [-0.1, -0.05) is 54.6 Å². The van der Waals surface area contributed by atoms with Crippen LogP contribution in [0.15, 0.2) is 78.9 Å². The zero-order chi connectivity index (χ0) is 20.5. The molecule has 0 spiro atoms. The molecule has 30 heavy (non-hydrogen) atoms. The monoisotopic (exact) mass is 397 g/mol. The molecule has 5 rings (SSSR count). The lowest BCUT2D eigenvalue weighted by Crippen LogP contribution is -2.25. The van der Waals surface area contributed by atoms with Crippen molar-refractivity contribution in [3.05, 3.63) is 90.3 Å². The fraction of sp³-hybridized carbons (Fsp3) is 0.200. The molecule has 5 heteroatoms. The quantitative estimate of drug-likeness (QED) is 0.494. The molecule has 1 fully saturated rings. The number of imidazole rings is 1. The predicted molar refractivity (Wildman–Crippen MR) is 118 cm³/mol. The van der Waals surface area contributed by atoms with Crippen LogP contribution in [-0.2, 0) is 11.3 Å². The molecule has 0 radical (unpaired) electrons. The van der Waals surface area contributed by atoms with Gasteiger partial charge in [0, 0.05) is 25.4 Å². The van der Waals surface area contributed by atoms with Crippen molar-refractivity contribution in [3.8, 4) is 5.75 Å². The van der Waals surface area contributed by atoms with Gasteiger partial charge < -0.3 is 14.2 Å². The van der Waals surface area contributed by atoms with E-state index in [4.69, 9.17) is 9.72 Å². The molecule has 0 bridgehead atoms. The van der Waals surface area contributed by atoms with E-state index in [9.17, 15) is 4.79 Å². The maximum atomic E-state index is 12.9. The standard InChI is InChI=1S/C25H23N3O2/c1-30-23-14-8-7-13-22(23)27-17-19(15-24(27)29)25-26-20-11-5-6-12-21(20)28(25)16-18-9-3-2-4-10-18/h2-14,19H,15-17H2,1H3/t19-/m1/s1. The van der Waals surface area contributed by atoms with Crippen LogP contribution >= 0.6 is 0 Å². The van der Waals surface area contributed by atoms with Gasteiger partial charge in [0.2, 0.25) is 5.91 Å². The number of carbonyl (C=O) groups excluding carboxylic acids is 1. The maximum absolute atomic E-state index is 12.9. The third-order valence-electron chi connectivity index (χ3n) is 5.73. The summed E-state index contributed by atoms with van der Waals surface area (Å²) in [5, 5.41) is 0. The van der Waals surface area contributed by atoms with Gasteiger partial charge >= 0.3 is 0 Å². The molecule has 1 saturated heterocycles. The third kappa shape index (κ3) is 3.22. The van der Waals surface area contributed by atoms with Gasteiger partial charge in [0.1, 0.15) is 11.6 Å². The largest absolute Gasteiger partial charge is 0.495 e. The van der Waals surface area contributed by atoms with Crippen molar-refractivity contribution in [1.82, 2.24) is 9.55 Å². The zero-order valence-corrected chi connectivity index (χ0v) is 16.9. The van der Waals surface area contributed by atoms with E-state index in [1.54, 1.807) is 7.11 Å². The van der Waals surface area contributed by atoms with Gasteiger partial charge in [-0.3, -0.25) is 4.79 Å². The molecular formula is C25H23N3O2. The normalized spacial score (nSPS) is 16.4. The van der Waals surface area contributed by atoms with E-state index in [0.717, 1.165) is 29.1 Å². The topological polar surface area (TPSA) is 47.4 Å². The van der Waals surface area contributed by atoms with Crippen LogP contribution in [0.2, 0.25) is 0 Å².